The maximum Gasteiger partial charge on any atom is 0.0989 e. The molecule has 3 aromatic heterocycles. The van der Waals surface area contributed by atoms with Gasteiger partial charge >= 0.3 is 0 Å². The molecule has 0 bridgehead atoms. The van der Waals surface area contributed by atoms with E-state index in [-0.39, 0.29) is 20.1 Å². The summed E-state index contributed by atoms with van der Waals surface area (Å²) in [5.41, 5.74) is 9.33. The first kappa shape index (κ1) is 26.2. The fraction of sp³-hybridized carbons (Fsp3) is 0.0938. The predicted octanol–water partition coefficient (Wildman–Crippen LogP) is 7.36. The molecule has 1 radical (unpaired) electrons. The van der Waals surface area contributed by atoms with Gasteiger partial charge in [-0.05, 0) is 50.2 Å². The number of rotatable bonds is 3. The number of aryl methyl sites for hydroxylation is 3. The van der Waals surface area contributed by atoms with Gasteiger partial charge in [-0.25, -0.2) is 0 Å². The standard InChI is InChI=1S/C21H18N3.C11H8N.Ir/c1-14-15(2)22-16(3)19-20(14)24(18-12-8-5-9-13-18)21(23-19)17-10-6-4-7-11-17;1-2-6-10(7-3-1)11-8-4-5-9-12-11;/h4-10,12-13H,1-3H3;1-6,8-9H;/q2*-1;. The summed E-state index contributed by atoms with van der Waals surface area (Å²) in [6.45, 7) is 6.19. The topological polar surface area (TPSA) is 43.6 Å². The van der Waals surface area contributed by atoms with Gasteiger partial charge in [-0.1, -0.05) is 30.3 Å². The molecule has 6 rings (SSSR count). The van der Waals surface area contributed by atoms with E-state index < -0.39 is 0 Å². The number of hydrogen-bond donors (Lipinski definition) is 0. The maximum absolute atomic E-state index is 4.93. The zero-order valence-corrected chi connectivity index (χ0v) is 23.3. The van der Waals surface area contributed by atoms with Crippen LogP contribution in [0.1, 0.15) is 17.0 Å². The van der Waals surface area contributed by atoms with E-state index in [2.05, 4.69) is 64.8 Å². The second kappa shape index (κ2) is 11.9. The molecule has 185 valence electrons. The van der Waals surface area contributed by atoms with E-state index in [1.54, 1.807) is 6.20 Å². The van der Waals surface area contributed by atoms with Gasteiger partial charge < -0.3 is 9.55 Å². The van der Waals surface area contributed by atoms with Crippen LogP contribution in [0.2, 0.25) is 0 Å². The van der Waals surface area contributed by atoms with E-state index in [4.69, 9.17) is 4.98 Å². The van der Waals surface area contributed by atoms with Gasteiger partial charge in [-0.3, -0.25) is 9.97 Å². The van der Waals surface area contributed by atoms with E-state index in [1.807, 2.05) is 79.7 Å². The maximum atomic E-state index is 4.93. The first-order chi connectivity index (χ1) is 17.6. The molecule has 0 N–H and O–H groups in total. The molecule has 0 unspecified atom stereocenters. The van der Waals surface area contributed by atoms with Crippen LogP contribution >= 0.6 is 0 Å². The monoisotopic (exact) mass is 659 g/mol. The summed E-state index contributed by atoms with van der Waals surface area (Å²) in [6, 6.07) is 38.4. The third-order valence-electron chi connectivity index (χ3n) is 6.07. The molecule has 0 amide bonds. The van der Waals surface area contributed by atoms with Crippen LogP contribution in [0, 0.1) is 32.9 Å². The molecule has 0 atom stereocenters. The fourth-order valence-corrected chi connectivity index (χ4v) is 4.19. The predicted molar refractivity (Wildman–Crippen MR) is 146 cm³/mol. The minimum Gasteiger partial charge on any atom is -0.333 e. The van der Waals surface area contributed by atoms with Crippen LogP contribution in [-0.4, -0.2) is 19.5 Å². The number of pyridine rings is 2. The molecule has 0 saturated carbocycles. The van der Waals surface area contributed by atoms with E-state index in [0.717, 1.165) is 56.3 Å². The molecule has 5 heteroatoms. The van der Waals surface area contributed by atoms with Crippen LogP contribution < -0.4 is 0 Å². The molecule has 0 saturated heterocycles. The average molecular weight is 659 g/mol. The van der Waals surface area contributed by atoms with Gasteiger partial charge in [-0.2, -0.15) is 0 Å². The van der Waals surface area contributed by atoms with Crippen LogP contribution in [0.5, 0.6) is 0 Å². The molecule has 6 aromatic rings. The molecule has 0 aliphatic carbocycles. The summed E-state index contributed by atoms with van der Waals surface area (Å²) in [4.78, 5) is 13.8. The Bertz CT molecular complexity index is 1540. The Balaban J connectivity index is 0.000000208. The Kier molecular flexibility index (Phi) is 8.39. The first-order valence-corrected chi connectivity index (χ1v) is 11.9. The van der Waals surface area contributed by atoms with Gasteiger partial charge in [0.15, 0.2) is 0 Å². The summed E-state index contributed by atoms with van der Waals surface area (Å²) >= 11 is 0. The molecule has 3 aromatic carbocycles. The third kappa shape index (κ3) is 5.59. The number of benzene rings is 3. The summed E-state index contributed by atoms with van der Waals surface area (Å²) in [5, 5.41) is 0. The van der Waals surface area contributed by atoms with Crippen molar-refractivity contribution in [3.8, 4) is 28.3 Å². The van der Waals surface area contributed by atoms with Gasteiger partial charge in [0.1, 0.15) is 0 Å². The molecular formula is C32H26IrN4-2. The van der Waals surface area contributed by atoms with E-state index in [9.17, 15) is 0 Å². The zero-order chi connectivity index (χ0) is 24.9. The van der Waals surface area contributed by atoms with Crippen LogP contribution in [0.15, 0.2) is 103 Å². The molecule has 0 aliphatic rings. The van der Waals surface area contributed by atoms with Gasteiger partial charge in [0.25, 0.3) is 0 Å². The number of hydrogen-bond acceptors (Lipinski definition) is 3. The Morgan fingerprint density at radius 3 is 1.92 bits per heavy atom. The van der Waals surface area contributed by atoms with Crippen LogP contribution in [0.3, 0.4) is 0 Å². The zero-order valence-electron chi connectivity index (χ0n) is 20.9. The number of nitrogens with zero attached hydrogens (tertiary/aromatic N) is 4. The molecule has 0 aliphatic heterocycles. The molecule has 3 heterocycles. The van der Waals surface area contributed by atoms with Crippen molar-refractivity contribution in [2.24, 2.45) is 0 Å². The van der Waals surface area contributed by atoms with Crippen molar-refractivity contribution < 1.29 is 20.1 Å². The number of fused-ring (bicyclic) bond motifs is 1. The molecule has 4 nitrogen and oxygen atoms in total. The summed E-state index contributed by atoms with van der Waals surface area (Å²) in [6.07, 6.45) is 1.79. The normalized spacial score (nSPS) is 10.4. The number of para-hydroxylation sites is 1. The largest absolute Gasteiger partial charge is 0.333 e. The third-order valence-corrected chi connectivity index (χ3v) is 6.07. The second-order valence-electron chi connectivity index (χ2n) is 8.48. The Labute approximate surface area is 231 Å². The van der Waals surface area contributed by atoms with Crippen LogP contribution in [0.25, 0.3) is 39.4 Å². The van der Waals surface area contributed by atoms with Crippen molar-refractivity contribution >= 4 is 11.0 Å². The Morgan fingerprint density at radius 2 is 1.30 bits per heavy atom. The van der Waals surface area contributed by atoms with Crippen molar-refractivity contribution in [1.82, 2.24) is 19.5 Å². The van der Waals surface area contributed by atoms with Crippen LogP contribution in [-0.2, 0) is 20.1 Å². The quantitative estimate of drug-likeness (QED) is 0.187. The number of aromatic nitrogens is 4. The Morgan fingerprint density at radius 1 is 0.649 bits per heavy atom. The molecule has 37 heavy (non-hydrogen) atoms. The first-order valence-electron chi connectivity index (χ1n) is 11.9. The average Bonchev–Trinajstić information content (AvgIpc) is 3.36. The Hall–Kier alpha value is -3.92. The van der Waals surface area contributed by atoms with Crippen molar-refractivity contribution in [2.75, 3.05) is 0 Å². The van der Waals surface area contributed by atoms with Gasteiger partial charge in [0, 0.05) is 37.7 Å². The molecule has 0 fully saturated rings. The summed E-state index contributed by atoms with van der Waals surface area (Å²) < 4.78 is 2.22. The van der Waals surface area contributed by atoms with E-state index in [0.29, 0.717) is 0 Å². The molecular weight excluding hydrogens is 633 g/mol. The van der Waals surface area contributed by atoms with Gasteiger partial charge in [0.05, 0.1) is 22.6 Å². The second-order valence-corrected chi connectivity index (χ2v) is 8.48. The van der Waals surface area contributed by atoms with Crippen molar-refractivity contribution in [3.05, 3.63) is 132 Å². The molecule has 0 spiro atoms. The smallest absolute Gasteiger partial charge is 0.0989 e. The van der Waals surface area contributed by atoms with E-state index >= 15 is 0 Å². The number of imidazole rings is 1. The van der Waals surface area contributed by atoms with Gasteiger partial charge in [0.2, 0.25) is 0 Å². The SMILES string of the molecule is Cc1nc(C)c2nc(-c3[c-]cccc3)n(-c3ccccc3)c2c1C.[Ir].[c-]1ccccc1-c1ccccn1. The van der Waals surface area contributed by atoms with Crippen molar-refractivity contribution in [2.45, 2.75) is 20.8 Å². The fourth-order valence-electron chi connectivity index (χ4n) is 4.19. The minimum atomic E-state index is 0. The minimum absolute atomic E-state index is 0. The van der Waals surface area contributed by atoms with Gasteiger partial charge in [-0.15, -0.1) is 71.8 Å². The van der Waals surface area contributed by atoms with E-state index in [1.165, 1.54) is 0 Å². The summed E-state index contributed by atoms with van der Waals surface area (Å²) in [5.74, 6) is 0.899. The van der Waals surface area contributed by atoms with Crippen molar-refractivity contribution in [3.63, 3.8) is 0 Å². The summed E-state index contributed by atoms with van der Waals surface area (Å²) in [7, 11) is 0. The van der Waals surface area contributed by atoms with Crippen molar-refractivity contribution in [1.29, 1.82) is 0 Å². The van der Waals surface area contributed by atoms with Crippen LogP contribution in [0.4, 0.5) is 0 Å².